The van der Waals surface area contributed by atoms with Crippen molar-refractivity contribution in [2.75, 3.05) is 0 Å². The highest BCUT2D eigenvalue weighted by Crippen LogP contribution is 2.46. The first-order valence-corrected chi connectivity index (χ1v) is 16.2. The minimum atomic E-state index is 0.920. The van der Waals surface area contributed by atoms with Crippen LogP contribution in [0.15, 0.2) is 174 Å². The second kappa shape index (κ2) is 10.2. The van der Waals surface area contributed by atoms with Crippen molar-refractivity contribution in [3.05, 3.63) is 170 Å². The summed E-state index contributed by atoms with van der Waals surface area (Å²) < 4.78 is 6.85. The van der Waals surface area contributed by atoms with Crippen molar-refractivity contribution in [2.45, 2.75) is 0 Å². The summed E-state index contributed by atoms with van der Waals surface area (Å²) in [4.78, 5) is 0. The van der Waals surface area contributed by atoms with Crippen LogP contribution in [0.1, 0.15) is 0 Å². The van der Waals surface area contributed by atoms with Crippen molar-refractivity contribution >= 4 is 54.3 Å². The highest BCUT2D eigenvalue weighted by Gasteiger charge is 2.20. The molecule has 218 valence electrons. The maximum atomic E-state index is 6.85. The van der Waals surface area contributed by atoms with Crippen LogP contribution >= 0.6 is 0 Å². The van der Waals surface area contributed by atoms with E-state index in [1.807, 2.05) is 0 Å². The molecule has 0 atom stereocenters. The number of hydrogen-bond donors (Lipinski definition) is 0. The third-order valence-corrected chi connectivity index (χ3v) is 9.83. The van der Waals surface area contributed by atoms with Crippen molar-refractivity contribution in [3.8, 4) is 44.5 Å². The molecule has 0 aliphatic heterocycles. The molecule has 10 aromatic rings. The summed E-state index contributed by atoms with van der Waals surface area (Å²) in [5.41, 5.74) is 11.3. The van der Waals surface area contributed by atoms with Gasteiger partial charge in [-0.05, 0) is 77.8 Å². The van der Waals surface area contributed by atoms with Crippen LogP contribution in [0.2, 0.25) is 0 Å². The summed E-state index contributed by atoms with van der Waals surface area (Å²) in [7, 11) is 0. The molecule has 0 fully saturated rings. The summed E-state index contributed by atoms with van der Waals surface area (Å²) in [6.07, 6.45) is 0. The molecule has 0 aliphatic rings. The first-order chi connectivity index (χ1) is 23.3. The minimum Gasteiger partial charge on any atom is -0.455 e. The zero-order valence-electron chi connectivity index (χ0n) is 25.6. The Bertz CT molecular complexity index is 2750. The Morgan fingerprint density at radius 2 is 0.766 bits per heavy atom. The van der Waals surface area contributed by atoms with Crippen LogP contribution in [0.4, 0.5) is 0 Å². The van der Waals surface area contributed by atoms with Crippen LogP contribution in [0, 0.1) is 0 Å². The number of hydrogen-bond acceptors (Lipinski definition) is 1. The largest absolute Gasteiger partial charge is 0.455 e. The first-order valence-electron chi connectivity index (χ1n) is 16.2. The number of para-hydroxylation sites is 1. The van der Waals surface area contributed by atoms with Crippen LogP contribution in [-0.4, -0.2) is 0 Å². The van der Waals surface area contributed by atoms with Crippen LogP contribution in [0.25, 0.3) is 98.8 Å². The number of benzene rings is 9. The zero-order valence-corrected chi connectivity index (χ0v) is 25.6. The van der Waals surface area contributed by atoms with E-state index in [1.165, 1.54) is 54.6 Å². The maximum Gasteiger partial charge on any atom is 0.143 e. The van der Waals surface area contributed by atoms with Gasteiger partial charge in [0.05, 0.1) is 0 Å². The molecule has 1 heterocycles. The smallest absolute Gasteiger partial charge is 0.143 e. The molecule has 10 rings (SSSR count). The van der Waals surface area contributed by atoms with E-state index in [-0.39, 0.29) is 0 Å². The Kier molecular flexibility index (Phi) is 5.64. The SMILES string of the molecule is c1ccc(-c2ccc3ccc4ccc(-c5cc(-c6ccccc6)c6oc7c(-c8ccccc8)cccc7c6c5)c5ccc2c3c45)cc1. The summed E-state index contributed by atoms with van der Waals surface area (Å²) in [6, 6.07) is 61.4. The summed E-state index contributed by atoms with van der Waals surface area (Å²) in [5, 5.41) is 9.99. The molecule has 0 N–H and O–H groups in total. The molecule has 0 spiro atoms. The molecule has 1 nitrogen and oxygen atoms in total. The van der Waals surface area contributed by atoms with Gasteiger partial charge in [-0.3, -0.25) is 0 Å². The van der Waals surface area contributed by atoms with E-state index >= 15 is 0 Å². The Hall–Kier alpha value is -6.18. The van der Waals surface area contributed by atoms with Gasteiger partial charge >= 0.3 is 0 Å². The predicted molar refractivity (Wildman–Crippen MR) is 199 cm³/mol. The van der Waals surface area contributed by atoms with Gasteiger partial charge < -0.3 is 4.42 Å². The molecule has 0 saturated heterocycles. The van der Waals surface area contributed by atoms with E-state index in [0.717, 1.165) is 44.2 Å². The van der Waals surface area contributed by atoms with Gasteiger partial charge in [0.25, 0.3) is 0 Å². The molecule has 9 aromatic carbocycles. The van der Waals surface area contributed by atoms with Crippen LogP contribution in [-0.2, 0) is 0 Å². The molecule has 1 aromatic heterocycles. The van der Waals surface area contributed by atoms with E-state index in [9.17, 15) is 0 Å². The van der Waals surface area contributed by atoms with Crippen LogP contribution in [0.3, 0.4) is 0 Å². The predicted octanol–water partition coefficient (Wildman–Crippen LogP) is 13.2. The van der Waals surface area contributed by atoms with Gasteiger partial charge in [-0.2, -0.15) is 0 Å². The summed E-state index contributed by atoms with van der Waals surface area (Å²) in [5.74, 6) is 0. The van der Waals surface area contributed by atoms with E-state index in [1.54, 1.807) is 0 Å². The molecule has 0 amide bonds. The lowest BCUT2D eigenvalue weighted by atomic mass is 9.86. The fourth-order valence-corrected chi connectivity index (χ4v) is 7.65. The van der Waals surface area contributed by atoms with E-state index < -0.39 is 0 Å². The number of rotatable bonds is 4. The normalized spacial score (nSPS) is 11.8. The lowest BCUT2D eigenvalue weighted by Gasteiger charge is -2.17. The Labute approximate surface area is 272 Å². The quantitative estimate of drug-likeness (QED) is 0.184. The molecule has 47 heavy (non-hydrogen) atoms. The van der Waals surface area contributed by atoms with Gasteiger partial charge in [-0.1, -0.05) is 158 Å². The van der Waals surface area contributed by atoms with Crippen molar-refractivity contribution in [1.82, 2.24) is 0 Å². The molecule has 0 saturated carbocycles. The van der Waals surface area contributed by atoms with E-state index in [4.69, 9.17) is 4.42 Å². The fraction of sp³-hybridized carbons (Fsp3) is 0. The lowest BCUT2D eigenvalue weighted by Crippen LogP contribution is -1.90. The maximum absolute atomic E-state index is 6.85. The van der Waals surface area contributed by atoms with E-state index in [0.29, 0.717) is 0 Å². The van der Waals surface area contributed by atoms with Crippen molar-refractivity contribution in [2.24, 2.45) is 0 Å². The number of furan rings is 1. The Morgan fingerprint density at radius 1 is 0.277 bits per heavy atom. The van der Waals surface area contributed by atoms with Crippen molar-refractivity contribution in [3.63, 3.8) is 0 Å². The molecule has 1 heteroatoms. The third-order valence-electron chi connectivity index (χ3n) is 9.83. The Balaban J connectivity index is 1.28. The van der Waals surface area contributed by atoms with Gasteiger partial charge in [-0.15, -0.1) is 0 Å². The zero-order chi connectivity index (χ0) is 30.9. The highest BCUT2D eigenvalue weighted by molar-refractivity contribution is 6.28. The average molecular weight is 597 g/mol. The average Bonchev–Trinajstić information content (AvgIpc) is 3.53. The van der Waals surface area contributed by atoms with Crippen molar-refractivity contribution < 1.29 is 4.42 Å². The topological polar surface area (TPSA) is 13.1 Å². The van der Waals surface area contributed by atoms with Gasteiger partial charge in [0.2, 0.25) is 0 Å². The molecular weight excluding hydrogens is 569 g/mol. The minimum absolute atomic E-state index is 0.920. The third kappa shape index (κ3) is 3.97. The van der Waals surface area contributed by atoms with E-state index in [2.05, 4.69) is 170 Å². The van der Waals surface area contributed by atoms with Gasteiger partial charge in [-0.25, -0.2) is 0 Å². The molecule has 0 radical (unpaired) electrons. The molecule has 0 aliphatic carbocycles. The van der Waals surface area contributed by atoms with Crippen LogP contribution < -0.4 is 0 Å². The van der Waals surface area contributed by atoms with Crippen LogP contribution in [0.5, 0.6) is 0 Å². The van der Waals surface area contributed by atoms with Gasteiger partial charge in [0, 0.05) is 21.9 Å². The monoisotopic (exact) mass is 596 g/mol. The molecule has 0 bridgehead atoms. The highest BCUT2D eigenvalue weighted by atomic mass is 16.3. The summed E-state index contributed by atoms with van der Waals surface area (Å²) >= 11 is 0. The standard InChI is InChI=1S/C46H28O/c1-4-11-29(12-5-1)35-23-21-32-19-20-33-22-24-36(39-26-25-38(35)43(32)44(33)39)34-27-41(31-15-8-3-9-16-31)46-42(28-34)40-18-10-17-37(45(40)47-46)30-13-6-2-7-14-30/h1-28H. The second-order valence-corrected chi connectivity index (χ2v) is 12.4. The van der Waals surface area contributed by atoms with Gasteiger partial charge in [0.15, 0.2) is 0 Å². The van der Waals surface area contributed by atoms with Gasteiger partial charge in [0.1, 0.15) is 11.2 Å². The molecule has 0 unspecified atom stereocenters. The van der Waals surface area contributed by atoms with Crippen molar-refractivity contribution in [1.29, 1.82) is 0 Å². The second-order valence-electron chi connectivity index (χ2n) is 12.4. The lowest BCUT2D eigenvalue weighted by molar-refractivity contribution is 0.671. The fourth-order valence-electron chi connectivity index (χ4n) is 7.65. The molecular formula is C46H28O. The first kappa shape index (κ1) is 26.1. The number of fused-ring (bicyclic) bond motifs is 3. The Morgan fingerprint density at radius 3 is 1.36 bits per heavy atom. The summed E-state index contributed by atoms with van der Waals surface area (Å²) in [6.45, 7) is 0.